The third kappa shape index (κ3) is 2.56. The molecule has 0 bridgehead atoms. The van der Waals surface area contributed by atoms with Crippen molar-refractivity contribution in [3.05, 3.63) is 65.0 Å². The van der Waals surface area contributed by atoms with Crippen LogP contribution in [0.1, 0.15) is 21.5 Å². The Morgan fingerprint density at radius 3 is 2.50 bits per heavy atom. The summed E-state index contributed by atoms with van der Waals surface area (Å²) < 4.78 is 18.6. The fraction of sp³-hybridized carbons (Fsp3) is 0.200. The zero-order valence-corrected chi connectivity index (χ0v) is 11.9. The van der Waals surface area contributed by atoms with Gasteiger partial charge in [-0.15, -0.1) is 0 Å². The molecule has 1 unspecified atom stereocenters. The molecule has 0 radical (unpaired) electrons. The normalized spacial score (nSPS) is 12.2. The number of hydrogen-bond donors (Lipinski definition) is 0. The standard InChI is InChI=1S/C15H14BrFO/c1-10-5-3-4-6-12(10)15(16)11-7-8-14(18-2)13(17)9-11/h3-9,15H,1-2H3. The van der Waals surface area contributed by atoms with Gasteiger partial charge in [0.25, 0.3) is 0 Å². The highest BCUT2D eigenvalue weighted by Crippen LogP contribution is 2.34. The van der Waals surface area contributed by atoms with Gasteiger partial charge in [-0.3, -0.25) is 0 Å². The maximum atomic E-state index is 13.7. The van der Waals surface area contributed by atoms with Gasteiger partial charge in [0.2, 0.25) is 0 Å². The summed E-state index contributed by atoms with van der Waals surface area (Å²) in [7, 11) is 1.46. The predicted octanol–water partition coefficient (Wildman–Crippen LogP) is 4.63. The van der Waals surface area contributed by atoms with Crippen LogP contribution < -0.4 is 4.74 Å². The molecular formula is C15H14BrFO. The van der Waals surface area contributed by atoms with E-state index in [9.17, 15) is 4.39 Å². The van der Waals surface area contributed by atoms with Crippen LogP contribution in [0.2, 0.25) is 0 Å². The van der Waals surface area contributed by atoms with E-state index in [-0.39, 0.29) is 16.4 Å². The summed E-state index contributed by atoms with van der Waals surface area (Å²) in [6, 6.07) is 13.1. The Balaban J connectivity index is 2.37. The minimum absolute atomic E-state index is 0.0147. The first-order valence-corrected chi connectivity index (χ1v) is 6.58. The molecule has 0 heterocycles. The van der Waals surface area contributed by atoms with Crippen molar-refractivity contribution in [3.8, 4) is 5.75 Å². The van der Waals surface area contributed by atoms with Crippen molar-refractivity contribution < 1.29 is 9.13 Å². The van der Waals surface area contributed by atoms with E-state index in [4.69, 9.17) is 4.74 Å². The van der Waals surface area contributed by atoms with E-state index >= 15 is 0 Å². The molecule has 0 aliphatic heterocycles. The van der Waals surface area contributed by atoms with Gasteiger partial charge in [0, 0.05) is 0 Å². The molecule has 3 heteroatoms. The molecule has 0 spiro atoms. The lowest BCUT2D eigenvalue weighted by molar-refractivity contribution is 0.386. The van der Waals surface area contributed by atoms with Gasteiger partial charge in [-0.2, -0.15) is 0 Å². The Hall–Kier alpha value is -1.35. The van der Waals surface area contributed by atoms with Crippen LogP contribution in [0, 0.1) is 12.7 Å². The lowest BCUT2D eigenvalue weighted by Crippen LogP contribution is -1.97. The fourth-order valence-electron chi connectivity index (χ4n) is 1.89. The van der Waals surface area contributed by atoms with E-state index in [2.05, 4.69) is 15.9 Å². The highest BCUT2D eigenvalue weighted by molar-refractivity contribution is 9.09. The number of halogens is 2. The molecule has 0 saturated carbocycles. The number of hydrogen-bond acceptors (Lipinski definition) is 1. The zero-order valence-electron chi connectivity index (χ0n) is 10.3. The number of alkyl halides is 1. The summed E-state index contributed by atoms with van der Waals surface area (Å²) >= 11 is 3.62. The van der Waals surface area contributed by atoms with E-state index in [1.54, 1.807) is 6.07 Å². The van der Waals surface area contributed by atoms with E-state index in [0.717, 1.165) is 11.1 Å². The molecule has 2 aromatic rings. The van der Waals surface area contributed by atoms with Gasteiger partial charge in [0.15, 0.2) is 11.6 Å². The molecule has 0 saturated heterocycles. The first-order chi connectivity index (χ1) is 8.63. The maximum absolute atomic E-state index is 13.7. The van der Waals surface area contributed by atoms with Crippen LogP contribution in [-0.2, 0) is 0 Å². The molecule has 1 atom stereocenters. The smallest absolute Gasteiger partial charge is 0.165 e. The van der Waals surface area contributed by atoms with Crippen LogP contribution in [0.4, 0.5) is 4.39 Å². The van der Waals surface area contributed by atoms with Crippen LogP contribution in [0.3, 0.4) is 0 Å². The molecule has 2 rings (SSSR count). The van der Waals surface area contributed by atoms with Crippen LogP contribution in [-0.4, -0.2) is 7.11 Å². The van der Waals surface area contributed by atoms with E-state index in [1.165, 1.54) is 18.7 Å². The van der Waals surface area contributed by atoms with Crippen molar-refractivity contribution in [2.75, 3.05) is 7.11 Å². The van der Waals surface area contributed by atoms with Gasteiger partial charge in [-0.1, -0.05) is 46.3 Å². The van der Waals surface area contributed by atoms with Crippen LogP contribution >= 0.6 is 15.9 Å². The lowest BCUT2D eigenvalue weighted by Gasteiger charge is -2.14. The quantitative estimate of drug-likeness (QED) is 0.751. The number of aryl methyl sites for hydroxylation is 1. The third-order valence-electron chi connectivity index (χ3n) is 2.93. The fourth-order valence-corrected chi connectivity index (χ4v) is 2.69. The minimum Gasteiger partial charge on any atom is -0.494 e. The maximum Gasteiger partial charge on any atom is 0.165 e. The van der Waals surface area contributed by atoms with Gasteiger partial charge >= 0.3 is 0 Å². The molecule has 0 aliphatic carbocycles. The monoisotopic (exact) mass is 308 g/mol. The average molecular weight is 309 g/mol. The topological polar surface area (TPSA) is 9.23 Å². The van der Waals surface area contributed by atoms with Gasteiger partial charge in [0.1, 0.15) is 0 Å². The van der Waals surface area contributed by atoms with Crippen molar-refractivity contribution in [2.45, 2.75) is 11.8 Å². The average Bonchev–Trinajstić information content (AvgIpc) is 2.38. The molecule has 0 fully saturated rings. The SMILES string of the molecule is COc1ccc(C(Br)c2ccccc2C)cc1F. The molecule has 0 N–H and O–H groups in total. The van der Waals surface area contributed by atoms with Gasteiger partial charge < -0.3 is 4.74 Å². The van der Waals surface area contributed by atoms with E-state index in [0.29, 0.717) is 0 Å². The van der Waals surface area contributed by atoms with E-state index < -0.39 is 0 Å². The Bertz CT molecular complexity index is 554. The van der Waals surface area contributed by atoms with Crippen LogP contribution in [0.5, 0.6) is 5.75 Å². The molecule has 0 aromatic heterocycles. The van der Waals surface area contributed by atoms with E-state index in [1.807, 2.05) is 37.3 Å². The second kappa shape index (κ2) is 5.53. The Morgan fingerprint density at radius 1 is 1.17 bits per heavy atom. The largest absolute Gasteiger partial charge is 0.494 e. The molecule has 2 aromatic carbocycles. The number of benzene rings is 2. The summed E-state index contributed by atoms with van der Waals surface area (Å²) in [6.07, 6.45) is 0. The highest BCUT2D eigenvalue weighted by Gasteiger charge is 2.14. The Labute approximate surface area is 115 Å². The molecule has 1 nitrogen and oxygen atoms in total. The van der Waals surface area contributed by atoms with Gasteiger partial charge in [-0.05, 0) is 35.7 Å². The second-order valence-corrected chi connectivity index (χ2v) is 5.03. The summed E-state index contributed by atoms with van der Waals surface area (Å²) in [5.41, 5.74) is 3.19. The van der Waals surface area contributed by atoms with Gasteiger partial charge in [-0.25, -0.2) is 4.39 Å². The lowest BCUT2D eigenvalue weighted by atomic mass is 10.0. The molecule has 0 amide bonds. The summed E-state index contributed by atoms with van der Waals surface area (Å²) in [6.45, 7) is 2.05. The minimum atomic E-state index is -0.340. The molecule has 0 aliphatic rings. The van der Waals surface area contributed by atoms with Crippen LogP contribution in [0.25, 0.3) is 0 Å². The van der Waals surface area contributed by atoms with Crippen molar-refractivity contribution in [1.29, 1.82) is 0 Å². The Morgan fingerprint density at radius 2 is 1.89 bits per heavy atom. The summed E-state index contributed by atoms with van der Waals surface area (Å²) in [5.74, 6) is -0.0729. The number of rotatable bonds is 3. The van der Waals surface area contributed by atoms with Crippen LogP contribution in [0.15, 0.2) is 42.5 Å². The molecular weight excluding hydrogens is 295 g/mol. The zero-order chi connectivity index (χ0) is 13.1. The van der Waals surface area contributed by atoms with Crippen molar-refractivity contribution >= 4 is 15.9 Å². The first-order valence-electron chi connectivity index (χ1n) is 5.66. The summed E-state index contributed by atoms with van der Waals surface area (Å²) in [5, 5.41) is 0. The second-order valence-electron chi connectivity index (χ2n) is 4.11. The molecule has 18 heavy (non-hydrogen) atoms. The first kappa shape index (κ1) is 13.1. The predicted molar refractivity (Wildman–Crippen MR) is 74.9 cm³/mol. The number of ether oxygens (including phenoxy) is 1. The number of methoxy groups -OCH3 is 1. The summed E-state index contributed by atoms with van der Waals surface area (Å²) in [4.78, 5) is -0.0147. The van der Waals surface area contributed by atoms with Crippen molar-refractivity contribution in [2.24, 2.45) is 0 Å². The Kier molecular flexibility index (Phi) is 4.02. The van der Waals surface area contributed by atoms with Crippen molar-refractivity contribution in [1.82, 2.24) is 0 Å². The van der Waals surface area contributed by atoms with Crippen molar-refractivity contribution in [3.63, 3.8) is 0 Å². The molecule has 94 valence electrons. The highest BCUT2D eigenvalue weighted by atomic mass is 79.9. The third-order valence-corrected chi connectivity index (χ3v) is 3.95. The van der Waals surface area contributed by atoms with Gasteiger partial charge in [0.05, 0.1) is 11.9 Å².